The molecule has 0 aliphatic rings. The van der Waals surface area contributed by atoms with Gasteiger partial charge in [0.1, 0.15) is 25.7 Å². The summed E-state index contributed by atoms with van der Waals surface area (Å²) in [6, 6.07) is 38.0. The van der Waals surface area contributed by atoms with E-state index in [1.807, 2.05) is 97.9 Å². The minimum atomic E-state index is -0.427. The first-order valence-electron chi connectivity index (χ1n) is 15.1. The fraction of sp³-hybridized carbons (Fsp3) is 0.128. The Morgan fingerprint density at radius 2 is 1.26 bits per heavy atom. The maximum atomic E-state index is 14.1. The van der Waals surface area contributed by atoms with Crippen LogP contribution in [0.4, 0.5) is 5.69 Å². The van der Waals surface area contributed by atoms with E-state index in [1.165, 1.54) is 0 Å². The van der Waals surface area contributed by atoms with Crippen LogP contribution in [-0.4, -0.2) is 11.8 Å². The number of carbonyl (C=O) groups excluding carboxylic acids is 1. The van der Waals surface area contributed by atoms with E-state index >= 15 is 0 Å². The normalized spacial score (nSPS) is 10.9. The Labute approximate surface area is 277 Å². The molecule has 0 unspecified atom stereocenters. The predicted octanol–water partition coefficient (Wildman–Crippen LogP) is 8.68. The Morgan fingerprint density at radius 1 is 0.702 bits per heavy atom. The van der Waals surface area contributed by atoms with Gasteiger partial charge in [-0.1, -0.05) is 91.0 Å². The molecule has 5 aromatic carbocycles. The fourth-order valence-corrected chi connectivity index (χ4v) is 5.17. The van der Waals surface area contributed by atoms with Crippen LogP contribution >= 0.6 is 11.6 Å². The average molecular weight is 646 g/mol. The first kappa shape index (κ1) is 31.5. The Hall–Kier alpha value is -5.53. The number of amides is 1. The highest BCUT2D eigenvalue weighted by Crippen LogP contribution is 2.39. The molecule has 6 rings (SSSR count). The third-order valence-electron chi connectivity index (χ3n) is 7.40. The van der Waals surface area contributed by atoms with Crippen LogP contribution in [-0.2, 0) is 24.6 Å². The minimum absolute atomic E-state index is 0.0357. The smallest absolute Gasteiger partial charge is 0.239 e. The number of carbonyl (C=O) groups is 1. The van der Waals surface area contributed by atoms with Crippen molar-refractivity contribution in [2.24, 2.45) is 0 Å². The van der Waals surface area contributed by atoms with Gasteiger partial charge in [-0.3, -0.25) is 9.59 Å². The van der Waals surface area contributed by atoms with E-state index in [0.29, 0.717) is 36.0 Å². The summed E-state index contributed by atoms with van der Waals surface area (Å²) in [4.78, 5) is 26.5. The Balaban J connectivity index is 1.46. The number of ether oxygens (including phenoxy) is 3. The number of anilines is 1. The standard InChI is InChI=1S/C39H32ClNO6/c1-26-19-31-36(43)39(46-25-29-15-9-4-10-16-29)37(47-38(31)32(20-26)41-35(42)22-40)30-17-18-33(44-23-27-11-5-2-6-12-27)34(21-30)45-24-28-13-7-3-8-14-28/h2-21H,22-25H2,1H3,(H,41,42). The van der Waals surface area contributed by atoms with Crippen molar-refractivity contribution in [1.82, 2.24) is 0 Å². The van der Waals surface area contributed by atoms with Gasteiger partial charge in [0.15, 0.2) is 22.8 Å². The molecule has 0 saturated carbocycles. The number of aryl methyl sites for hydroxylation is 1. The van der Waals surface area contributed by atoms with Gasteiger partial charge in [0.05, 0.1) is 11.1 Å². The van der Waals surface area contributed by atoms with Crippen molar-refractivity contribution in [2.45, 2.75) is 26.7 Å². The van der Waals surface area contributed by atoms with E-state index in [0.717, 1.165) is 22.3 Å². The lowest BCUT2D eigenvalue weighted by atomic mass is 10.1. The number of rotatable bonds is 12. The van der Waals surface area contributed by atoms with Gasteiger partial charge in [-0.05, 0) is 59.5 Å². The largest absolute Gasteiger partial charge is 0.485 e. The van der Waals surface area contributed by atoms with Gasteiger partial charge in [0, 0.05) is 5.56 Å². The molecule has 1 heterocycles. The molecular weight excluding hydrogens is 614 g/mol. The van der Waals surface area contributed by atoms with E-state index in [1.54, 1.807) is 30.3 Å². The Bertz CT molecular complexity index is 2050. The monoisotopic (exact) mass is 645 g/mol. The zero-order chi connectivity index (χ0) is 32.6. The van der Waals surface area contributed by atoms with Crippen molar-refractivity contribution < 1.29 is 23.4 Å². The van der Waals surface area contributed by atoms with Crippen molar-refractivity contribution in [3.05, 3.63) is 154 Å². The molecule has 1 amide bonds. The molecule has 0 atom stereocenters. The average Bonchev–Trinajstić information content (AvgIpc) is 3.11. The second-order valence-electron chi connectivity index (χ2n) is 10.9. The minimum Gasteiger partial charge on any atom is -0.485 e. The van der Waals surface area contributed by atoms with Gasteiger partial charge < -0.3 is 23.9 Å². The highest BCUT2D eigenvalue weighted by molar-refractivity contribution is 6.29. The molecule has 0 radical (unpaired) electrons. The number of halogens is 1. The highest BCUT2D eigenvalue weighted by atomic mass is 35.5. The fourth-order valence-electron chi connectivity index (χ4n) is 5.10. The van der Waals surface area contributed by atoms with E-state index < -0.39 is 5.91 Å². The molecule has 0 spiro atoms. The first-order chi connectivity index (χ1) is 23.0. The topological polar surface area (TPSA) is 87.0 Å². The summed E-state index contributed by atoms with van der Waals surface area (Å²) in [6.45, 7) is 2.60. The summed E-state index contributed by atoms with van der Waals surface area (Å²) in [5.41, 5.74) is 4.31. The molecule has 0 fully saturated rings. The molecule has 0 saturated heterocycles. The van der Waals surface area contributed by atoms with Gasteiger partial charge in [0.2, 0.25) is 17.1 Å². The number of hydrogen-bond acceptors (Lipinski definition) is 6. The zero-order valence-electron chi connectivity index (χ0n) is 25.7. The summed E-state index contributed by atoms with van der Waals surface area (Å²) in [6.07, 6.45) is 0. The molecule has 47 heavy (non-hydrogen) atoms. The van der Waals surface area contributed by atoms with Crippen LogP contribution in [0.2, 0.25) is 0 Å². The third kappa shape index (κ3) is 7.65. The summed E-state index contributed by atoms with van der Waals surface area (Å²) in [5, 5.41) is 3.03. The molecule has 0 aliphatic carbocycles. The second-order valence-corrected chi connectivity index (χ2v) is 11.2. The number of hydrogen-bond donors (Lipinski definition) is 1. The first-order valence-corrected chi connectivity index (χ1v) is 15.6. The predicted molar refractivity (Wildman–Crippen MR) is 184 cm³/mol. The van der Waals surface area contributed by atoms with Gasteiger partial charge in [-0.15, -0.1) is 11.6 Å². The summed E-state index contributed by atoms with van der Waals surface area (Å²) < 4.78 is 25.2. The van der Waals surface area contributed by atoms with Gasteiger partial charge in [-0.2, -0.15) is 0 Å². The molecule has 8 heteroatoms. The second kappa shape index (κ2) is 14.7. The molecule has 6 aromatic rings. The maximum absolute atomic E-state index is 14.1. The Morgan fingerprint density at radius 3 is 1.83 bits per heavy atom. The van der Waals surface area contributed by atoms with Crippen molar-refractivity contribution in [3.63, 3.8) is 0 Å². The molecule has 7 nitrogen and oxygen atoms in total. The van der Waals surface area contributed by atoms with Crippen molar-refractivity contribution >= 4 is 34.2 Å². The number of nitrogens with one attached hydrogen (secondary N) is 1. The van der Waals surface area contributed by atoms with E-state index in [-0.39, 0.29) is 40.4 Å². The van der Waals surface area contributed by atoms with Crippen LogP contribution in [0.25, 0.3) is 22.3 Å². The lowest BCUT2D eigenvalue weighted by Crippen LogP contribution is -2.15. The van der Waals surface area contributed by atoms with Crippen molar-refractivity contribution in [1.29, 1.82) is 0 Å². The van der Waals surface area contributed by atoms with Crippen LogP contribution in [0.1, 0.15) is 22.3 Å². The molecule has 0 aliphatic heterocycles. The van der Waals surface area contributed by atoms with E-state index in [2.05, 4.69) is 5.32 Å². The zero-order valence-corrected chi connectivity index (χ0v) is 26.5. The molecular formula is C39H32ClNO6. The van der Waals surface area contributed by atoms with Crippen molar-refractivity contribution in [3.8, 4) is 28.6 Å². The SMILES string of the molecule is Cc1cc(NC(=O)CCl)c2oc(-c3ccc(OCc4ccccc4)c(OCc4ccccc4)c3)c(OCc3ccccc3)c(=O)c2c1. The Kier molecular flexibility index (Phi) is 9.84. The molecule has 1 N–H and O–H groups in total. The molecule has 236 valence electrons. The van der Waals surface area contributed by atoms with E-state index in [9.17, 15) is 9.59 Å². The lowest BCUT2D eigenvalue weighted by molar-refractivity contribution is -0.113. The van der Waals surface area contributed by atoms with Crippen LogP contribution in [0.5, 0.6) is 17.2 Å². The number of fused-ring (bicyclic) bond motifs is 1. The van der Waals surface area contributed by atoms with Crippen molar-refractivity contribution in [2.75, 3.05) is 11.2 Å². The van der Waals surface area contributed by atoms with Crippen LogP contribution in [0.15, 0.2) is 131 Å². The summed E-state index contributed by atoms with van der Waals surface area (Å²) >= 11 is 5.80. The summed E-state index contributed by atoms with van der Waals surface area (Å²) in [7, 11) is 0. The van der Waals surface area contributed by atoms with Gasteiger partial charge >= 0.3 is 0 Å². The van der Waals surface area contributed by atoms with Gasteiger partial charge in [-0.25, -0.2) is 0 Å². The van der Waals surface area contributed by atoms with Gasteiger partial charge in [0.25, 0.3) is 0 Å². The lowest BCUT2D eigenvalue weighted by Gasteiger charge is -2.17. The quantitative estimate of drug-likeness (QED) is 0.134. The maximum Gasteiger partial charge on any atom is 0.239 e. The third-order valence-corrected chi connectivity index (χ3v) is 7.64. The molecule has 1 aromatic heterocycles. The summed E-state index contributed by atoms with van der Waals surface area (Å²) in [5.74, 6) is 0.518. The molecule has 0 bridgehead atoms. The number of alkyl halides is 1. The number of benzene rings is 5. The van der Waals surface area contributed by atoms with Crippen LogP contribution in [0, 0.1) is 6.92 Å². The van der Waals surface area contributed by atoms with E-state index in [4.69, 9.17) is 30.2 Å². The van der Waals surface area contributed by atoms with Crippen LogP contribution in [0.3, 0.4) is 0 Å². The highest BCUT2D eigenvalue weighted by Gasteiger charge is 2.22. The van der Waals surface area contributed by atoms with Crippen LogP contribution < -0.4 is 25.0 Å².